The molecule has 3 nitrogen and oxygen atoms in total. The van der Waals surface area contributed by atoms with Crippen molar-refractivity contribution in [3.63, 3.8) is 0 Å². The van der Waals surface area contributed by atoms with E-state index in [2.05, 4.69) is 0 Å². The number of carbonyl (C=O) groups is 1. The number of hydrogen-bond acceptors (Lipinski definition) is 2. The monoisotopic (exact) mass is 150 g/mol. The predicted molar refractivity (Wildman–Crippen MR) is 39.0 cm³/mol. The summed E-state index contributed by atoms with van der Waals surface area (Å²) in [5, 5.41) is 6.66. The Balaban J connectivity index is 0. The van der Waals surface area contributed by atoms with Gasteiger partial charge in [-0.05, 0) is 6.42 Å². The minimum absolute atomic E-state index is 0. The van der Waals surface area contributed by atoms with Crippen molar-refractivity contribution in [3.8, 4) is 0 Å². The molecule has 0 heterocycles. The third-order valence-corrected chi connectivity index (χ3v) is 1.01. The van der Waals surface area contributed by atoms with E-state index in [1.54, 1.807) is 0 Å². The smallest absolute Gasteiger partial charge is 0.225 e. The zero-order chi connectivity index (χ0) is 6.57. The summed E-state index contributed by atoms with van der Waals surface area (Å²) in [6.07, 6.45) is 1.70. The molecule has 0 aromatic rings. The maximum absolute atomic E-state index is 10.2. The number of carbonyl (C=O) groups excluding carboxylic acids is 1. The molecule has 0 spiro atoms. The Bertz CT molecular complexity index is 105. The van der Waals surface area contributed by atoms with Gasteiger partial charge >= 0.3 is 0 Å². The number of halogens is 1. The van der Waals surface area contributed by atoms with Crippen LogP contribution in [0.5, 0.6) is 0 Å². The first-order valence-corrected chi connectivity index (χ1v) is 2.52. The molecule has 0 aromatic heterocycles. The van der Waals surface area contributed by atoms with E-state index in [1.807, 2.05) is 6.92 Å². The van der Waals surface area contributed by atoms with E-state index in [4.69, 9.17) is 11.1 Å². The van der Waals surface area contributed by atoms with Crippen LogP contribution < -0.4 is 5.73 Å². The van der Waals surface area contributed by atoms with Crippen LogP contribution in [0.25, 0.3) is 0 Å². The fourth-order valence-electron chi connectivity index (χ4n) is 0.401. The predicted octanol–water partition coefficient (Wildman–Crippen LogP) is 0.569. The summed E-state index contributed by atoms with van der Waals surface area (Å²) in [7, 11) is 0. The average molecular weight is 151 g/mol. The molecule has 54 valence electrons. The van der Waals surface area contributed by atoms with Gasteiger partial charge in [-0.1, -0.05) is 6.92 Å². The van der Waals surface area contributed by atoms with Crippen molar-refractivity contribution in [2.24, 2.45) is 11.7 Å². The van der Waals surface area contributed by atoms with Gasteiger partial charge in [-0.2, -0.15) is 0 Å². The number of amides is 1. The molecule has 0 aliphatic carbocycles. The Kier molecular flexibility index (Phi) is 6.96. The molecule has 0 bridgehead atoms. The number of primary amides is 1. The molecule has 0 aliphatic heterocycles. The van der Waals surface area contributed by atoms with Crippen LogP contribution in [-0.4, -0.2) is 12.1 Å². The molecular weight excluding hydrogens is 140 g/mol. The summed E-state index contributed by atoms with van der Waals surface area (Å²) in [6, 6.07) is 0. The van der Waals surface area contributed by atoms with Crippen molar-refractivity contribution in [2.45, 2.75) is 13.3 Å². The lowest BCUT2D eigenvalue weighted by molar-refractivity contribution is -0.119. The maximum atomic E-state index is 10.2. The van der Waals surface area contributed by atoms with E-state index < -0.39 is 5.91 Å². The van der Waals surface area contributed by atoms with Gasteiger partial charge in [0.25, 0.3) is 0 Å². The van der Waals surface area contributed by atoms with E-state index in [0.29, 0.717) is 6.42 Å². The van der Waals surface area contributed by atoms with Crippen LogP contribution in [-0.2, 0) is 4.79 Å². The van der Waals surface area contributed by atoms with Gasteiger partial charge < -0.3 is 11.1 Å². The Morgan fingerprint density at radius 2 is 2.33 bits per heavy atom. The summed E-state index contributed by atoms with van der Waals surface area (Å²) in [4.78, 5) is 10.2. The van der Waals surface area contributed by atoms with E-state index in [1.165, 1.54) is 0 Å². The normalized spacial score (nSPS) is 11.2. The lowest BCUT2D eigenvalue weighted by atomic mass is 10.1. The highest BCUT2D eigenvalue weighted by Gasteiger charge is 2.06. The molecule has 0 radical (unpaired) electrons. The van der Waals surface area contributed by atoms with Crippen molar-refractivity contribution >= 4 is 24.5 Å². The summed E-state index contributed by atoms with van der Waals surface area (Å²) in [6.45, 7) is 1.82. The van der Waals surface area contributed by atoms with Gasteiger partial charge in [0.15, 0.2) is 0 Å². The number of nitrogens with one attached hydrogen (secondary N) is 1. The molecule has 3 N–H and O–H groups in total. The van der Waals surface area contributed by atoms with E-state index in [9.17, 15) is 4.79 Å². The standard InChI is InChI=1S/C5H10N2O.ClH/c1-2-4(3-6)5(7)8;/h3-4,6H,2H2,1H3,(H2,7,8);1H/t4-;/m1./s1. The zero-order valence-electron chi connectivity index (χ0n) is 5.26. The summed E-state index contributed by atoms with van der Waals surface area (Å²) in [5.41, 5.74) is 4.87. The number of hydrogen-bond donors (Lipinski definition) is 2. The molecule has 0 unspecified atom stereocenters. The highest BCUT2D eigenvalue weighted by molar-refractivity contribution is 5.91. The van der Waals surface area contributed by atoms with Crippen LogP contribution in [0.4, 0.5) is 0 Å². The Morgan fingerprint density at radius 3 is 2.33 bits per heavy atom. The van der Waals surface area contributed by atoms with Gasteiger partial charge in [0.1, 0.15) is 0 Å². The minimum Gasteiger partial charge on any atom is -0.369 e. The SMILES string of the molecule is CC[C@H](C=N)C(N)=O.Cl. The van der Waals surface area contributed by atoms with Crippen LogP contribution in [0.1, 0.15) is 13.3 Å². The van der Waals surface area contributed by atoms with Gasteiger partial charge in [-0.3, -0.25) is 4.79 Å². The summed E-state index contributed by atoms with van der Waals surface area (Å²) >= 11 is 0. The van der Waals surface area contributed by atoms with Crippen LogP contribution in [0, 0.1) is 11.3 Å². The summed E-state index contributed by atoms with van der Waals surface area (Å²) < 4.78 is 0. The molecule has 0 saturated carbocycles. The largest absolute Gasteiger partial charge is 0.369 e. The van der Waals surface area contributed by atoms with Gasteiger partial charge in [0, 0.05) is 6.21 Å². The Labute approximate surface area is 60.5 Å². The van der Waals surface area contributed by atoms with Crippen LogP contribution in [0.2, 0.25) is 0 Å². The molecule has 0 saturated heterocycles. The Hall–Kier alpha value is -0.570. The molecule has 0 aliphatic rings. The molecule has 0 fully saturated rings. The zero-order valence-corrected chi connectivity index (χ0v) is 6.07. The van der Waals surface area contributed by atoms with Crippen molar-refractivity contribution < 1.29 is 4.79 Å². The van der Waals surface area contributed by atoms with Crippen molar-refractivity contribution in [1.82, 2.24) is 0 Å². The number of rotatable bonds is 3. The third kappa shape index (κ3) is 3.97. The highest BCUT2D eigenvalue weighted by atomic mass is 35.5. The second-order valence-corrected chi connectivity index (χ2v) is 1.58. The van der Waals surface area contributed by atoms with Crippen molar-refractivity contribution in [3.05, 3.63) is 0 Å². The van der Waals surface area contributed by atoms with E-state index in [0.717, 1.165) is 6.21 Å². The van der Waals surface area contributed by atoms with Gasteiger partial charge in [-0.25, -0.2) is 0 Å². The molecule has 4 heteroatoms. The van der Waals surface area contributed by atoms with Gasteiger partial charge in [-0.15, -0.1) is 12.4 Å². The lowest BCUT2D eigenvalue weighted by Crippen LogP contribution is -2.23. The first-order chi connectivity index (χ1) is 3.72. The first kappa shape index (κ1) is 11.3. The molecule has 0 aromatic carbocycles. The van der Waals surface area contributed by atoms with Gasteiger partial charge in [0.05, 0.1) is 5.92 Å². The van der Waals surface area contributed by atoms with Gasteiger partial charge in [0.2, 0.25) is 5.91 Å². The molecule has 9 heavy (non-hydrogen) atoms. The lowest BCUT2D eigenvalue weighted by Gasteiger charge is -1.99. The highest BCUT2D eigenvalue weighted by Crippen LogP contribution is 1.94. The molecule has 0 rings (SSSR count). The second-order valence-electron chi connectivity index (χ2n) is 1.58. The number of nitrogens with two attached hydrogens (primary N) is 1. The molecule has 1 atom stereocenters. The van der Waals surface area contributed by atoms with Crippen LogP contribution in [0.3, 0.4) is 0 Å². The summed E-state index contributed by atoms with van der Waals surface area (Å²) in [5.74, 6) is -0.780. The average Bonchev–Trinajstić information content (AvgIpc) is 1.69. The quantitative estimate of drug-likeness (QED) is 0.568. The first-order valence-electron chi connectivity index (χ1n) is 2.52. The fraction of sp³-hybridized carbons (Fsp3) is 0.600. The minimum atomic E-state index is -0.414. The molecular formula is C5H11ClN2O. The second kappa shape index (κ2) is 5.56. The van der Waals surface area contributed by atoms with E-state index in [-0.39, 0.29) is 18.3 Å². The van der Waals surface area contributed by atoms with E-state index >= 15 is 0 Å². The molecule has 1 amide bonds. The van der Waals surface area contributed by atoms with Crippen LogP contribution >= 0.6 is 12.4 Å². The fourth-order valence-corrected chi connectivity index (χ4v) is 0.401. The van der Waals surface area contributed by atoms with Crippen LogP contribution in [0.15, 0.2) is 0 Å². The maximum Gasteiger partial charge on any atom is 0.225 e. The third-order valence-electron chi connectivity index (χ3n) is 1.01. The Morgan fingerprint density at radius 1 is 1.89 bits per heavy atom. The van der Waals surface area contributed by atoms with Crippen molar-refractivity contribution in [2.75, 3.05) is 0 Å². The topological polar surface area (TPSA) is 66.9 Å². The van der Waals surface area contributed by atoms with Crippen molar-refractivity contribution in [1.29, 1.82) is 5.41 Å².